The van der Waals surface area contributed by atoms with Gasteiger partial charge in [0.1, 0.15) is 0 Å². The topological polar surface area (TPSA) is 37.3 Å². The van der Waals surface area contributed by atoms with Gasteiger partial charge >= 0.3 is 5.97 Å². The van der Waals surface area contributed by atoms with Crippen molar-refractivity contribution in [3.05, 3.63) is 0 Å². The lowest BCUT2D eigenvalue weighted by Crippen LogP contribution is -2.27. The quantitative estimate of drug-likeness (QED) is 0.771. The van der Waals surface area contributed by atoms with Crippen molar-refractivity contribution in [2.75, 3.05) is 0 Å². The Morgan fingerprint density at radius 2 is 2.07 bits per heavy atom. The van der Waals surface area contributed by atoms with Gasteiger partial charge in [0, 0.05) is 6.42 Å². The van der Waals surface area contributed by atoms with Crippen molar-refractivity contribution in [3.63, 3.8) is 0 Å². The zero-order chi connectivity index (χ0) is 11.5. The molecule has 1 aliphatic carbocycles. The first-order chi connectivity index (χ1) is 6.89. The van der Waals surface area contributed by atoms with Gasteiger partial charge < -0.3 is 5.11 Å². The summed E-state index contributed by atoms with van der Waals surface area (Å²) < 4.78 is 0. The normalized spacial score (nSPS) is 30.1. The van der Waals surface area contributed by atoms with E-state index < -0.39 is 5.97 Å². The van der Waals surface area contributed by atoms with E-state index in [1.807, 2.05) is 0 Å². The minimum Gasteiger partial charge on any atom is -0.481 e. The molecule has 0 aromatic heterocycles. The molecule has 1 fully saturated rings. The summed E-state index contributed by atoms with van der Waals surface area (Å²) in [6.45, 7) is 7.00. The molecular weight excluding hydrogens is 188 g/mol. The van der Waals surface area contributed by atoms with Crippen LogP contribution in [0.5, 0.6) is 0 Å². The van der Waals surface area contributed by atoms with Crippen LogP contribution in [0.25, 0.3) is 0 Å². The van der Waals surface area contributed by atoms with E-state index in [4.69, 9.17) is 5.11 Å². The SMILES string of the molecule is CC1CC(CCCC(=O)O)CC(C)(C)C1. The zero-order valence-electron chi connectivity index (χ0n) is 10.3. The summed E-state index contributed by atoms with van der Waals surface area (Å²) in [6.07, 6.45) is 6.18. The van der Waals surface area contributed by atoms with Crippen molar-refractivity contribution in [3.8, 4) is 0 Å². The van der Waals surface area contributed by atoms with Crippen molar-refractivity contribution in [2.45, 2.75) is 59.3 Å². The second-order valence-corrected chi connectivity index (χ2v) is 6.07. The Balaban J connectivity index is 2.32. The largest absolute Gasteiger partial charge is 0.481 e. The third kappa shape index (κ3) is 4.67. The molecule has 0 heterocycles. The fourth-order valence-electron chi connectivity index (χ4n) is 3.31. The molecule has 15 heavy (non-hydrogen) atoms. The maximum absolute atomic E-state index is 10.4. The number of carbonyl (C=O) groups is 1. The summed E-state index contributed by atoms with van der Waals surface area (Å²) in [5.41, 5.74) is 0.464. The van der Waals surface area contributed by atoms with E-state index in [9.17, 15) is 4.79 Å². The number of aliphatic carboxylic acids is 1. The molecule has 1 saturated carbocycles. The van der Waals surface area contributed by atoms with Gasteiger partial charge in [-0.2, -0.15) is 0 Å². The van der Waals surface area contributed by atoms with E-state index in [1.165, 1.54) is 19.3 Å². The molecule has 2 heteroatoms. The second kappa shape index (κ2) is 5.00. The van der Waals surface area contributed by atoms with Crippen LogP contribution in [0.4, 0.5) is 0 Å². The first-order valence-corrected chi connectivity index (χ1v) is 6.11. The van der Waals surface area contributed by atoms with Crippen LogP contribution in [0, 0.1) is 17.3 Å². The number of carboxylic acids is 1. The third-order valence-corrected chi connectivity index (χ3v) is 3.48. The van der Waals surface area contributed by atoms with E-state index >= 15 is 0 Å². The van der Waals surface area contributed by atoms with Crippen molar-refractivity contribution in [1.82, 2.24) is 0 Å². The van der Waals surface area contributed by atoms with Gasteiger partial charge in [-0.25, -0.2) is 0 Å². The third-order valence-electron chi connectivity index (χ3n) is 3.48. The van der Waals surface area contributed by atoms with Crippen LogP contribution < -0.4 is 0 Å². The van der Waals surface area contributed by atoms with Gasteiger partial charge in [0.25, 0.3) is 0 Å². The summed E-state index contributed by atoms with van der Waals surface area (Å²) in [4.78, 5) is 10.4. The second-order valence-electron chi connectivity index (χ2n) is 6.07. The van der Waals surface area contributed by atoms with Crippen LogP contribution in [0.15, 0.2) is 0 Å². The van der Waals surface area contributed by atoms with Crippen LogP contribution in [-0.2, 0) is 4.79 Å². The molecule has 2 nitrogen and oxygen atoms in total. The highest BCUT2D eigenvalue weighted by Crippen LogP contribution is 2.43. The predicted molar refractivity (Wildman–Crippen MR) is 61.8 cm³/mol. The van der Waals surface area contributed by atoms with E-state index in [-0.39, 0.29) is 0 Å². The Morgan fingerprint density at radius 1 is 1.40 bits per heavy atom. The Kier molecular flexibility index (Phi) is 4.18. The summed E-state index contributed by atoms with van der Waals surface area (Å²) in [5, 5.41) is 8.60. The summed E-state index contributed by atoms with van der Waals surface area (Å²) in [7, 11) is 0. The van der Waals surface area contributed by atoms with E-state index in [0.717, 1.165) is 24.7 Å². The molecule has 1 aliphatic rings. The van der Waals surface area contributed by atoms with Crippen molar-refractivity contribution >= 4 is 5.97 Å². The molecular formula is C13H24O2. The average Bonchev–Trinajstić information content (AvgIpc) is 1.98. The van der Waals surface area contributed by atoms with Gasteiger partial charge in [-0.3, -0.25) is 4.79 Å². The maximum Gasteiger partial charge on any atom is 0.303 e. The van der Waals surface area contributed by atoms with Gasteiger partial charge in [-0.05, 0) is 49.4 Å². The molecule has 0 radical (unpaired) electrons. The summed E-state index contributed by atoms with van der Waals surface area (Å²) >= 11 is 0. The molecule has 0 aliphatic heterocycles. The number of rotatable bonds is 4. The minimum absolute atomic E-state index is 0.339. The Morgan fingerprint density at radius 3 is 2.60 bits per heavy atom. The van der Waals surface area contributed by atoms with Gasteiger partial charge in [0.2, 0.25) is 0 Å². The highest BCUT2D eigenvalue weighted by Gasteiger charge is 2.31. The number of carboxylic acid groups (broad SMARTS) is 1. The molecule has 0 saturated heterocycles. The molecule has 0 spiro atoms. The Labute approximate surface area is 93.1 Å². The average molecular weight is 212 g/mol. The lowest BCUT2D eigenvalue weighted by molar-refractivity contribution is -0.137. The van der Waals surface area contributed by atoms with Crippen LogP contribution >= 0.6 is 0 Å². The smallest absolute Gasteiger partial charge is 0.303 e. The Bertz CT molecular complexity index is 221. The van der Waals surface area contributed by atoms with E-state index in [1.54, 1.807) is 0 Å². The van der Waals surface area contributed by atoms with Gasteiger partial charge in [0.05, 0.1) is 0 Å². The maximum atomic E-state index is 10.4. The number of hydrogen-bond acceptors (Lipinski definition) is 1. The monoisotopic (exact) mass is 212 g/mol. The fourth-order valence-corrected chi connectivity index (χ4v) is 3.31. The fraction of sp³-hybridized carbons (Fsp3) is 0.923. The highest BCUT2D eigenvalue weighted by molar-refractivity contribution is 5.66. The molecule has 88 valence electrons. The van der Waals surface area contributed by atoms with Crippen LogP contribution in [0.1, 0.15) is 59.3 Å². The van der Waals surface area contributed by atoms with Crippen molar-refractivity contribution in [2.24, 2.45) is 17.3 Å². The molecule has 0 aromatic carbocycles. The Hall–Kier alpha value is -0.530. The molecule has 0 aromatic rings. The van der Waals surface area contributed by atoms with Crippen LogP contribution in [-0.4, -0.2) is 11.1 Å². The van der Waals surface area contributed by atoms with Crippen molar-refractivity contribution in [1.29, 1.82) is 0 Å². The zero-order valence-corrected chi connectivity index (χ0v) is 10.3. The molecule has 1 N–H and O–H groups in total. The molecule has 2 unspecified atom stereocenters. The van der Waals surface area contributed by atoms with Crippen LogP contribution in [0.3, 0.4) is 0 Å². The lowest BCUT2D eigenvalue weighted by atomic mass is 9.67. The van der Waals surface area contributed by atoms with E-state index in [2.05, 4.69) is 20.8 Å². The van der Waals surface area contributed by atoms with Crippen LogP contribution in [0.2, 0.25) is 0 Å². The summed E-state index contributed by atoms with van der Waals surface area (Å²) in [6, 6.07) is 0. The molecule has 0 amide bonds. The number of hydrogen-bond donors (Lipinski definition) is 1. The minimum atomic E-state index is -0.655. The molecule has 0 bridgehead atoms. The lowest BCUT2D eigenvalue weighted by Gasteiger charge is -2.39. The highest BCUT2D eigenvalue weighted by atomic mass is 16.4. The standard InChI is InChI=1S/C13H24O2/c1-10-7-11(5-4-6-12(14)15)9-13(2,3)8-10/h10-11H,4-9H2,1-3H3,(H,14,15). The van der Waals surface area contributed by atoms with Gasteiger partial charge in [-0.15, -0.1) is 0 Å². The first-order valence-electron chi connectivity index (χ1n) is 6.11. The van der Waals surface area contributed by atoms with Gasteiger partial charge in [0.15, 0.2) is 0 Å². The molecule has 2 atom stereocenters. The first kappa shape index (κ1) is 12.5. The molecule has 1 rings (SSSR count). The van der Waals surface area contributed by atoms with Crippen molar-refractivity contribution < 1.29 is 9.90 Å². The predicted octanol–water partition coefficient (Wildman–Crippen LogP) is 3.70. The summed E-state index contributed by atoms with van der Waals surface area (Å²) in [5.74, 6) is 0.907. The van der Waals surface area contributed by atoms with E-state index in [0.29, 0.717) is 11.8 Å². The van der Waals surface area contributed by atoms with Gasteiger partial charge in [-0.1, -0.05) is 20.8 Å².